The molecule has 1 aliphatic rings. The largest absolute Gasteiger partial charge is 0.494 e. The molecule has 0 spiro atoms. The fraction of sp³-hybridized carbons (Fsp3) is 0.576. The van der Waals surface area contributed by atoms with Crippen molar-refractivity contribution in [3.05, 3.63) is 66.1 Å². The van der Waals surface area contributed by atoms with Crippen LogP contribution < -0.4 is 9.47 Å². The lowest BCUT2D eigenvalue weighted by Gasteiger charge is -2.21. The molecule has 197 valence electrons. The van der Waals surface area contributed by atoms with Gasteiger partial charge in [0.05, 0.1) is 12.2 Å². The molecule has 0 saturated heterocycles. The minimum Gasteiger partial charge on any atom is -0.494 e. The van der Waals surface area contributed by atoms with Crippen molar-refractivity contribution in [3.63, 3.8) is 0 Å². The first-order chi connectivity index (χ1) is 17.7. The first-order valence-electron chi connectivity index (χ1n) is 14.6. The molecule has 3 rings (SSSR count). The molecule has 1 radical (unpaired) electrons. The van der Waals surface area contributed by atoms with Gasteiger partial charge in [-0.05, 0) is 86.4 Å². The first kappa shape index (κ1) is 28.3. The Morgan fingerprint density at radius 2 is 1.33 bits per heavy atom. The highest BCUT2D eigenvalue weighted by atomic mass is 16.5. The fourth-order valence-electron chi connectivity index (χ4n) is 5.01. The molecule has 0 amide bonds. The first-order valence-corrected chi connectivity index (χ1v) is 14.6. The van der Waals surface area contributed by atoms with Gasteiger partial charge >= 0.3 is 5.97 Å². The Morgan fingerprint density at radius 1 is 0.750 bits per heavy atom. The maximum absolute atomic E-state index is 12.5. The average Bonchev–Trinajstić information content (AvgIpc) is 2.92. The summed E-state index contributed by atoms with van der Waals surface area (Å²) >= 11 is 0. The Balaban J connectivity index is 1.27. The van der Waals surface area contributed by atoms with Crippen molar-refractivity contribution in [2.45, 2.75) is 110 Å². The average molecular weight is 492 g/mol. The molecule has 0 N–H and O–H groups in total. The summed E-state index contributed by atoms with van der Waals surface area (Å²) in [5, 5.41) is 0. The lowest BCUT2D eigenvalue weighted by atomic mass is 9.85. The smallest absolute Gasteiger partial charge is 0.343 e. The number of carbonyl (C=O) groups excluding carboxylic acids is 1. The third kappa shape index (κ3) is 11.2. The predicted octanol–water partition coefficient (Wildman–Crippen LogP) is 9.53. The van der Waals surface area contributed by atoms with E-state index in [4.69, 9.17) is 9.47 Å². The maximum Gasteiger partial charge on any atom is 0.343 e. The molecular formula is C33H47O3. The van der Waals surface area contributed by atoms with Crippen molar-refractivity contribution in [1.29, 1.82) is 0 Å². The SMILES string of the molecule is CCCCCCCCCCCCOc1ccc(C(=O)Oc2ccc(CCC3CC[CH]CC3)cc2)cc1. The predicted molar refractivity (Wildman–Crippen MR) is 150 cm³/mol. The van der Waals surface area contributed by atoms with Crippen LogP contribution in [0.1, 0.15) is 119 Å². The number of hydrogen-bond donors (Lipinski definition) is 0. The Bertz CT molecular complexity index is 834. The number of hydrogen-bond acceptors (Lipinski definition) is 3. The molecule has 1 saturated carbocycles. The van der Waals surface area contributed by atoms with E-state index in [1.54, 1.807) is 12.1 Å². The molecule has 0 aliphatic heterocycles. The van der Waals surface area contributed by atoms with Gasteiger partial charge in [0.15, 0.2) is 0 Å². The Kier molecular flexibility index (Phi) is 13.5. The molecule has 0 unspecified atom stereocenters. The molecule has 36 heavy (non-hydrogen) atoms. The number of carbonyl (C=O) groups is 1. The van der Waals surface area contributed by atoms with Crippen LogP contribution in [0.3, 0.4) is 0 Å². The number of rotatable bonds is 17. The zero-order valence-corrected chi connectivity index (χ0v) is 22.5. The van der Waals surface area contributed by atoms with Crippen LogP contribution in [0.15, 0.2) is 48.5 Å². The fourth-order valence-corrected chi connectivity index (χ4v) is 5.01. The zero-order chi connectivity index (χ0) is 25.3. The molecule has 1 fully saturated rings. The van der Waals surface area contributed by atoms with Crippen LogP contribution in [0.25, 0.3) is 0 Å². The quantitative estimate of drug-likeness (QED) is 0.125. The standard InChI is InChI=1S/C33H47O3/c1-2-3-4-5-6-7-8-9-10-14-27-35-31-25-21-30(22-26-31)33(34)36-32-23-19-29(20-24-32)18-17-28-15-12-11-13-16-28/h11,19-26,28H,2-10,12-18,27H2,1H3. The summed E-state index contributed by atoms with van der Waals surface area (Å²) in [6.07, 6.45) is 23.1. The van der Waals surface area contributed by atoms with Crippen LogP contribution in [0.4, 0.5) is 0 Å². The summed E-state index contributed by atoms with van der Waals surface area (Å²) in [4.78, 5) is 12.5. The number of benzene rings is 2. The lowest BCUT2D eigenvalue weighted by Crippen LogP contribution is -2.09. The molecular weight excluding hydrogens is 444 g/mol. The molecule has 3 nitrogen and oxygen atoms in total. The minimum atomic E-state index is -0.331. The summed E-state index contributed by atoms with van der Waals surface area (Å²) in [6, 6.07) is 15.3. The monoisotopic (exact) mass is 491 g/mol. The molecule has 0 aromatic heterocycles. The molecule has 2 aromatic carbocycles. The van der Waals surface area contributed by atoms with Crippen molar-refractivity contribution >= 4 is 5.97 Å². The number of ether oxygens (including phenoxy) is 2. The summed E-state index contributed by atoms with van der Waals surface area (Å²) in [6.45, 7) is 2.99. The summed E-state index contributed by atoms with van der Waals surface area (Å²) in [5.74, 6) is 1.93. The van der Waals surface area contributed by atoms with Crippen LogP contribution in [0.2, 0.25) is 0 Å². The molecule has 0 bridgehead atoms. The summed E-state index contributed by atoms with van der Waals surface area (Å²) in [5.41, 5.74) is 1.85. The van der Waals surface area contributed by atoms with E-state index >= 15 is 0 Å². The Hall–Kier alpha value is -2.29. The normalized spacial score (nSPS) is 14.0. The van der Waals surface area contributed by atoms with Gasteiger partial charge in [-0.25, -0.2) is 4.79 Å². The highest BCUT2D eigenvalue weighted by Gasteiger charge is 2.13. The van der Waals surface area contributed by atoms with E-state index in [-0.39, 0.29) is 5.97 Å². The summed E-state index contributed by atoms with van der Waals surface area (Å²) < 4.78 is 11.4. The van der Waals surface area contributed by atoms with Gasteiger partial charge in [-0.15, -0.1) is 0 Å². The van der Waals surface area contributed by atoms with E-state index in [0.29, 0.717) is 11.3 Å². The van der Waals surface area contributed by atoms with E-state index in [1.807, 2.05) is 24.3 Å². The van der Waals surface area contributed by atoms with Crippen molar-refractivity contribution in [1.82, 2.24) is 0 Å². The van der Waals surface area contributed by atoms with Crippen LogP contribution in [0.5, 0.6) is 11.5 Å². The molecule has 1 aliphatic carbocycles. The second kappa shape index (κ2) is 17.2. The Labute approximate surface area is 220 Å². The van der Waals surface area contributed by atoms with Crippen molar-refractivity contribution in [3.8, 4) is 11.5 Å². The maximum atomic E-state index is 12.5. The van der Waals surface area contributed by atoms with Crippen molar-refractivity contribution in [2.75, 3.05) is 6.61 Å². The molecule has 3 heteroatoms. The van der Waals surface area contributed by atoms with E-state index in [2.05, 4.69) is 25.5 Å². The minimum absolute atomic E-state index is 0.331. The van der Waals surface area contributed by atoms with Crippen LogP contribution in [-0.2, 0) is 6.42 Å². The van der Waals surface area contributed by atoms with E-state index in [1.165, 1.54) is 95.5 Å². The van der Waals surface area contributed by atoms with Crippen LogP contribution in [0, 0.1) is 12.3 Å². The Morgan fingerprint density at radius 3 is 1.97 bits per heavy atom. The zero-order valence-electron chi connectivity index (χ0n) is 22.5. The third-order valence-electron chi connectivity index (χ3n) is 7.39. The van der Waals surface area contributed by atoms with E-state index in [9.17, 15) is 4.79 Å². The van der Waals surface area contributed by atoms with Crippen LogP contribution >= 0.6 is 0 Å². The van der Waals surface area contributed by atoms with Gasteiger partial charge < -0.3 is 9.47 Å². The number of aryl methyl sites for hydroxylation is 1. The van der Waals surface area contributed by atoms with Gasteiger partial charge in [-0.1, -0.05) is 89.7 Å². The van der Waals surface area contributed by atoms with Crippen LogP contribution in [-0.4, -0.2) is 12.6 Å². The van der Waals surface area contributed by atoms with E-state index < -0.39 is 0 Å². The number of unbranched alkanes of at least 4 members (excludes halogenated alkanes) is 9. The van der Waals surface area contributed by atoms with Crippen molar-refractivity contribution < 1.29 is 14.3 Å². The lowest BCUT2D eigenvalue weighted by molar-refractivity contribution is 0.0734. The van der Waals surface area contributed by atoms with Gasteiger partial charge in [0.2, 0.25) is 0 Å². The molecule has 0 heterocycles. The van der Waals surface area contributed by atoms with Crippen molar-refractivity contribution in [2.24, 2.45) is 5.92 Å². The third-order valence-corrected chi connectivity index (χ3v) is 7.39. The topological polar surface area (TPSA) is 35.5 Å². The highest BCUT2D eigenvalue weighted by Crippen LogP contribution is 2.27. The van der Waals surface area contributed by atoms with Gasteiger partial charge in [0.1, 0.15) is 11.5 Å². The van der Waals surface area contributed by atoms with Gasteiger partial charge in [0, 0.05) is 0 Å². The van der Waals surface area contributed by atoms with Gasteiger partial charge in [-0.3, -0.25) is 0 Å². The van der Waals surface area contributed by atoms with Gasteiger partial charge in [0.25, 0.3) is 0 Å². The summed E-state index contributed by atoms with van der Waals surface area (Å²) in [7, 11) is 0. The molecule has 0 atom stereocenters. The van der Waals surface area contributed by atoms with E-state index in [0.717, 1.165) is 31.1 Å². The second-order valence-corrected chi connectivity index (χ2v) is 10.4. The van der Waals surface area contributed by atoms with Gasteiger partial charge in [-0.2, -0.15) is 0 Å². The highest BCUT2D eigenvalue weighted by molar-refractivity contribution is 5.91. The number of esters is 1. The molecule has 2 aromatic rings. The second-order valence-electron chi connectivity index (χ2n) is 10.4.